The van der Waals surface area contributed by atoms with E-state index in [1.807, 2.05) is 31.2 Å². The number of carboxylic acid groups (broad SMARTS) is 2. The van der Waals surface area contributed by atoms with Crippen molar-refractivity contribution in [3.8, 4) is 0 Å². The summed E-state index contributed by atoms with van der Waals surface area (Å²) in [4.78, 5) is 23.3. The third kappa shape index (κ3) is 4.66. The standard InChI is InChI=1S/C15H21NO4/c1-3-11-5-7-12(8-6-11)13(4-2)16(9-14(17)18)10-15(19)20/h5-8,13H,3-4,9-10H2,1-2H3,(H,17,18)(H,19,20). The minimum Gasteiger partial charge on any atom is -0.480 e. The molecule has 0 aliphatic rings. The number of hydrogen-bond acceptors (Lipinski definition) is 3. The molecular weight excluding hydrogens is 258 g/mol. The summed E-state index contributed by atoms with van der Waals surface area (Å²) in [6, 6.07) is 7.69. The van der Waals surface area contributed by atoms with Gasteiger partial charge >= 0.3 is 11.9 Å². The van der Waals surface area contributed by atoms with E-state index in [2.05, 4.69) is 6.92 Å². The van der Waals surface area contributed by atoms with Gasteiger partial charge in [0.05, 0.1) is 13.1 Å². The maximum atomic E-state index is 10.9. The molecule has 0 amide bonds. The van der Waals surface area contributed by atoms with Crippen LogP contribution in [0.25, 0.3) is 0 Å². The molecule has 2 N–H and O–H groups in total. The molecule has 0 saturated heterocycles. The minimum atomic E-state index is -1.02. The largest absolute Gasteiger partial charge is 0.480 e. The number of aliphatic carboxylic acids is 2. The Morgan fingerprint density at radius 2 is 1.55 bits per heavy atom. The van der Waals surface area contributed by atoms with E-state index in [1.54, 1.807) is 0 Å². The molecule has 0 aliphatic heterocycles. The monoisotopic (exact) mass is 279 g/mol. The number of rotatable bonds is 8. The highest BCUT2D eigenvalue weighted by molar-refractivity contribution is 5.72. The van der Waals surface area contributed by atoms with E-state index in [0.29, 0.717) is 6.42 Å². The van der Waals surface area contributed by atoms with E-state index in [9.17, 15) is 9.59 Å². The van der Waals surface area contributed by atoms with Crippen molar-refractivity contribution in [3.63, 3.8) is 0 Å². The molecule has 1 aromatic rings. The fraction of sp³-hybridized carbons (Fsp3) is 0.467. The van der Waals surface area contributed by atoms with E-state index < -0.39 is 11.9 Å². The van der Waals surface area contributed by atoms with E-state index in [-0.39, 0.29) is 19.1 Å². The van der Waals surface area contributed by atoms with Crippen molar-refractivity contribution < 1.29 is 19.8 Å². The molecule has 1 atom stereocenters. The van der Waals surface area contributed by atoms with E-state index in [1.165, 1.54) is 10.5 Å². The molecule has 0 fully saturated rings. The topological polar surface area (TPSA) is 77.8 Å². The van der Waals surface area contributed by atoms with Crippen LogP contribution in [-0.4, -0.2) is 40.1 Å². The highest BCUT2D eigenvalue weighted by Gasteiger charge is 2.23. The van der Waals surface area contributed by atoms with Crippen LogP contribution in [0, 0.1) is 0 Å². The molecule has 0 aliphatic carbocycles. The molecule has 0 radical (unpaired) electrons. The van der Waals surface area contributed by atoms with Crippen molar-refractivity contribution in [1.29, 1.82) is 0 Å². The Morgan fingerprint density at radius 1 is 1.05 bits per heavy atom. The molecule has 0 spiro atoms. The molecule has 1 rings (SSSR count). The fourth-order valence-electron chi connectivity index (χ4n) is 2.30. The highest BCUT2D eigenvalue weighted by atomic mass is 16.4. The second-order valence-corrected chi connectivity index (χ2v) is 4.71. The predicted molar refractivity (Wildman–Crippen MR) is 75.7 cm³/mol. The fourth-order valence-corrected chi connectivity index (χ4v) is 2.30. The zero-order valence-electron chi connectivity index (χ0n) is 11.9. The third-order valence-corrected chi connectivity index (χ3v) is 3.28. The summed E-state index contributed by atoms with van der Waals surface area (Å²) in [5, 5.41) is 17.9. The number of carbonyl (C=O) groups is 2. The average Bonchev–Trinajstić information content (AvgIpc) is 2.39. The van der Waals surface area contributed by atoms with Crippen LogP contribution in [0.5, 0.6) is 0 Å². The van der Waals surface area contributed by atoms with Crippen LogP contribution in [0.4, 0.5) is 0 Å². The Kier molecular flexibility index (Phi) is 6.18. The zero-order chi connectivity index (χ0) is 15.1. The summed E-state index contributed by atoms with van der Waals surface area (Å²) < 4.78 is 0. The number of carboxylic acids is 2. The second kappa shape index (κ2) is 7.65. The summed E-state index contributed by atoms with van der Waals surface area (Å²) in [6.07, 6.45) is 1.59. The van der Waals surface area contributed by atoms with Crippen molar-refractivity contribution in [2.75, 3.05) is 13.1 Å². The lowest BCUT2D eigenvalue weighted by Crippen LogP contribution is -2.37. The predicted octanol–water partition coefficient (Wildman–Crippen LogP) is 2.17. The quantitative estimate of drug-likeness (QED) is 0.762. The van der Waals surface area contributed by atoms with Gasteiger partial charge in [-0.1, -0.05) is 38.1 Å². The molecule has 0 bridgehead atoms. The summed E-state index contributed by atoms with van der Waals surface area (Å²) in [5.74, 6) is -2.04. The lowest BCUT2D eigenvalue weighted by atomic mass is 10.0. The summed E-state index contributed by atoms with van der Waals surface area (Å²) in [6.45, 7) is 3.43. The average molecular weight is 279 g/mol. The molecule has 110 valence electrons. The first-order valence-corrected chi connectivity index (χ1v) is 6.74. The van der Waals surface area contributed by atoms with Crippen molar-refractivity contribution in [2.24, 2.45) is 0 Å². The van der Waals surface area contributed by atoms with Crippen molar-refractivity contribution in [2.45, 2.75) is 32.7 Å². The lowest BCUT2D eigenvalue weighted by molar-refractivity contribution is -0.143. The smallest absolute Gasteiger partial charge is 0.317 e. The van der Waals surface area contributed by atoms with Crippen LogP contribution in [0.3, 0.4) is 0 Å². The van der Waals surface area contributed by atoms with Gasteiger partial charge in [-0.15, -0.1) is 0 Å². The van der Waals surface area contributed by atoms with E-state index in [0.717, 1.165) is 12.0 Å². The highest BCUT2D eigenvalue weighted by Crippen LogP contribution is 2.24. The lowest BCUT2D eigenvalue weighted by Gasteiger charge is -2.28. The summed E-state index contributed by atoms with van der Waals surface area (Å²) in [7, 11) is 0. The number of hydrogen-bond donors (Lipinski definition) is 2. The Balaban J connectivity index is 2.97. The van der Waals surface area contributed by atoms with Gasteiger partial charge in [-0.25, -0.2) is 0 Å². The number of benzene rings is 1. The maximum Gasteiger partial charge on any atom is 0.317 e. The van der Waals surface area contributed by atoms with Crippen LogP contribution in [0.1, 0.15) is 37.4 Å². The van der Waals surface area contributed by atoms with Crippen molar-refractivity contribution in [1.82, 2.24) is 4.90 Å². The third-order valence-electron chi connectivity index (χ3n) is 3.28. The first kappa shape index (κ1) is 16.2. The van der Waals surface area contributed by atoms with E-state index in [4.69, 9.17) is 10.2 Å². The van der Waals surface area contributed by atoms with Crippen molar-refractivity contribution in [3.05, 3.63) is 35.4 Å². The van der Waals surface area contributed by atoms with Crippen LogP contribution >= 0.6 is 0 Å². The van der Waals surface area contributed by atoms with Gasteiger partial charge in [-0.05, 0) is 24.0 Å². The minimum absolute atomic E-state index is 0.201. The van der Waals surface area contributed by atoms with Gasteiger partial charge in [0.25, 0.3) is 0 Å². The van der Waals surface area contributed by atoms with Crippen LogP contribution < -0.4 is 0 Å². The van der Waals surface area contributed by atoms with Gasteiger partial charge in [-0.2, -0.15) is 0 Å². The Bertz CT molecular complexity index is 439. The Morgan fingerprint density at radius 3 is 1.90 bits per heavy atom. The van der Waals surface area contributed by atoms with Gasteiger partial charge in [0.2, 0.25) is 0 Å². The van der Waals surface area contributed by atoms with Crippen molar-refractivity contribution >= 4 is 11.9 Å². The molecule has 1 unspecified atom stereocenters. The zero-order valence-corrected chi connectivity index (χ0v) is 11.9. The normalized spacial score (nSPS) is 12.3. The Hall–Kier alpha value is -1.88. The first-order valence-electron chi connectivity index (χ1n) is 6.74. The van der Waals surface area contributed by atoms with Gasteiger partial charge < -0.3 is 10.2 Å². The molecule has 1 aromatic carbocycles. The van der Waals surface area contributed by atoms with Crippen LogP contribution in [-0.2, 0) is 16.0 Å². The molecule has 5 heteroatoms. The number of nitrogens with zero attached hydrogens (tertiary/aromatic N) is 1. The molecule has 0 heterocycles. The van der Waals surface area contributed by atoms with Crippen LogP contribution in [0.2, 0.25) is 0 Å². The second-order valence-electron chi connectivity index (χ2n) is 4.71. The molecule has 0 aromatic heterocycles. The summed E-state index contributed by atoms with van der Waals surface area (Å²) in [5.41, 5.74) is 2.15. The van der Waals surface area contributed by atoms with Gasteiger partial charge in [0.1, 0.15) is 0 Å². The van der Waals surface area contributed by atoms with Gasteiger partial charge in [0, 0.05) is 6.04 Å². The Labute approximate surface area is 118 Å². The van der Waals surface area contributed by atoms with Gasteiger partial charge in [-0.3, -0.25) is 14.5 Å². The van der Waals surface area contributed by atoms with Gasteiger partial charge in [0.15, 0.2) is 0 Å². The first-order chi connectivity index (χ1) is 9.47. The maximum absolute atomic E-state index is 10.9. The molecule has 0 saturated carbocycles. The molecule has 5 nitrogen and oxygen atoms in total. The SMILES string of the molecule is CCc1ccc(C(CC)N(CC(=O)O)CC(=O)O)cc1. The number of aryl methyl sites for hydroxylation is 1. The van der Waals surface area contributed by atoms with Crippen LogP contribution in [0.15, 0.2) is 24.3 Å². The summed E-state index contributed by atoms with van der Waals surface area (Å²) >= 11 is 0. The molecular formula is C15H21NO4. The molecule has 20 heavy (non-hydrogen) atoms. The van der Waals surface area contributed by atoms with E-state index >= 15 is 0 Å².